The SMILES string of the molecule is Cc1cn2cc(F)cc(F)c2n1. The quantitative estimate of drug-likeness (QED) is 0.587. The Bertz CT molecular complexity index is 434. The van der Waals surface area contributed by atoms with Gasteiger partial charge in [-0.3, -0.25) is 0 Å². The molecule has 0 bridgehead atoms. The molecular weight excluding hydrogens is 162 g/mol. The van der Waals surface area contributed by atoms with Gasteiger partial charge in [-0.15, -0.1) is 0 Å². The van der Waals surface area contributed by atoms with Gasteiger partial charge in [-0.2, -0.15) is 0 Å². The Hall–Kier alpha value is -1.45. The highest BCUT2D eigenvalue weighted by molar-refractivity contribution is 5.41. The fourth-order valence-electron chi connectivity index (χ4n) is 1.15. The van der Waals surface area contributed by atoms with Gasteiger partial charge >= 0.3 is 0 Å². The van der Waals surface area contributed by atoms with Crippen LogP contribution in [0.5, 0.6) is 0 Å². The molecule has 2 aromatic rings. The summed E-state index contributed by atoms with van der Waals surface area (Å²) in [6.07, 6.45) is 2.76. The summed E-state index contributed by atoms with van der Waals surface area (Å²) in [6, 6.07) is 0.821. The molecule has 2 heterocycles. The highest BCUT2D eigenvalue weighted by atomic mass is 19.1. The molecule has 0 spiro atoms. The van der Waals surface area contributed by atoms with E-state index in [-0.39, 0.29) is 5.65 Å². The van der Waals surface area contributed by atoms with Gasteiger partial charge in [-0.25, -0.2) is 13.8 Å². The molecule has 0 aliphatic carbocycles. The van der Waals surface area contributed by atoms with Crippen molar-refractivity contribution in [2.75, 3.05) is 0 Å². The molecule has 0 saturated carbocycles. The minimum atomic E-state index is -0.636. The van der Waals surface area contributed by atoms with Crippen molar-refractivity contribution in [1.29, 1.82) is 0 Å². The Labute approximate surface area is 67.5 Å². The second kappa shape index (κ2) is 2.27. The molecule has 0 radical (unpaired) electrons. The fraction of sp³-hybridized carbons (Fsp3) is 0.125. The van der Waals surface area contributed by atoms with Gasteiger partial charge in [0.15, 0.2) is 11.5 Å². The highest BCUT2D eigenvalue weighted by Crippen LogP contribution is 2.10. The van der Waals surface area contributed by atoms with E-state index in [1.807, 2.05) is 0 Å². The molecule has 0 aliphatic rings. The summed E-state index contributed by atoms with van der Waals surface area (Å²) in [5.41, 5.74) is 0.827. The first-order valence-electron chi connectivity index (χ1n) is 3.47. The van der Waals surface area contributed by atoms with Crippen molar-refractivity contribution < 1.29 is 8.78 Å². The number of rotatable bonds is 0. The van der Waals surface area contributed by atoms with Crippen molar-refractivity contribution in [1.82, 2.24) is 9.38 Å². The van der Waals surface area contributed by atoms with Gasteiger partial charge in [0.2, 0.25) is 0 Å². The third kappa shape index (κ3) is 0.958. The molecule has 2 aromatic heterocycles. The first-order valence-corrected chi connectivity index (χ1v) is 3.47. The summed E-state index contributed by atoms with van der Waals surface area (Å²) in [4.78, 5) is 3.88. The van der Waals surface area contributed by atoms with E-state index in [9.17, 15) is 8.78 Å². The molecule has 0 aliphatic heterocycles. The molecule has 2 nitrogen and oxygen atoms in total. The van der Waals surface area contributed by atoms with Gasteiger partial charge in [-0.1, -0.05) is 0 Å². The third-order valence-electron chi connectivity index (χ3n) is 1.59. The molecule has 0 N–H and O–H groups in total. The van der Waals surface area contributed by atoms with E-state index < -0.39 is 11.6 Å². The number of aromatic nitrogens is 2. The monoisotopic (exact) mass is 168 g/mol. The van der Waals surface area contributed by atoms with Gasteiger partial charge in [0.25, 0.3) is 0 Å². The summed E-state index contributed by atoms with van der Waals surface area (Å²) < 4.78 is 26.9. The lowest BCUT2D eigenvalue weighted by Crippen LogP contribution is -1.89. The van der Waals surface area contributed by atoms with Crippen molar-refractivity contribution in [2.45, 2.75) is 6.92 Å². The Morgan fingerprint density at radius 3 is 2.83 bits per heavy atom. The van der Waals surface area contributed by atoms with Crippen LogP contribution in [0.1, 0.15) is 5.69 Å². The number of imidazole rings is 1. The molecule has 0 fully saturated rings. The number of hydrogen-bond acceptors (Lipinski definition) is 1. The second-order valence-corrected chi connectivity index (χ2v) is 2.62. The van der Waals surface area contributed by atoms with Crippen molar-refractivity contribution in [2.24, 2.45) is 0 Å². The van der Waals surface area contributed by atoms with Crippen LogP contribution < -0.4 is 0 Å². The van der Waals surface area contributed by atoms with E-state index in [1.54, 1.807) is 13.1 Å². The first kappa shape index (κ1) is 7.21. The minimum absolute atomic E-state index is 0.161. The van der Waals surface area contributed by atoms with E-state index in [0.29, 0.717) is 5.69 Å². The van der Waals surface area contributed by atoms with Gasteiger partial charge in [0, 0.05) is 18.5 Å². The zero-order valence-corrected chi connectivity index (χ0v) is 6.38. The summed E-state index contributed by atoms with van der Waals surface area (Å²) in [5, 5.41) is 0. The summed E-state index contributed by atoms with van der Waals surface area (Å²) in [5.74, 6) is -1.24. The molecule has 0 unspecified atom stereocenters. The lowest BCUT2D eigenvalue weighted by molar-refractivity contribution is 0.576. The van der Waals surface area contributed by atoms with Crippen LogP contribution in [-0.2, 0) is 0 Å². The first-order chi connectivity index (χ1) is 5.66. The number of halogens is 2. The Morgan fingerprint density at radius 1 is 1.33 bits per heavy atom. The van der Waals surface area contributed by atoms with Gasteiger partial charge in [0.1, 0.15) is 5.82 Å². The zero-order valence-electron chi connectivity index (χ0n) is 6.38. The molecule has 2 rings (SSSR count). The van der Waals surface area contributed by atoms with Crippen LogP contribution >= 0.6 is 0 Å². The number of hydrogen-bond donors (Lipinski definition) is 0. The average Bonchev–Trinajstić information content (AvgIpc) is 2.29. The lowest BCUT2D eigenvalue weighted by Gasteiger charge is -1.93. The fourth-order valence-corrected chi connectivity index (χ4v) is 1.15. The Balaban J connectivity index is 2.88. The van der Waals surface area contributed by atoms with Crippen LogP contribution in [0.3, 0.4) is 0 Å². The maximum Gasteiger partial charge on any atom is 0.173 e. The number of aryl methyl sites for hydroxylation is 1. The van der Waals surface area contributed by atoms with Crippen LogP contribution in [0.4, 0.5) is 8.78 Å². The van der Waals surface area contributed by atoms with Crippen LogP contribution in [0, 0.1) is 18.6 Å². The van der Waals surface area contributed by atoms with Crippen molar-refractivity contribution in [3.05, 3.63) is 35.8 Å². The van der Waals surface area contributed by atoms with E-state index in [1.165, 1.54) is 10.6 Å². The Morgan fingerprint density at radius 2 is 2.08 bits per heavy atom. The van der Waals surface area contributed by atoms with Gasteiger partial charge < -0.3 is 4.40 Å². The number of nitrogens with zero attached hydrogens (tertiary/aromatic N) is 2. The molecule has 0 amide bonds. The molecule has 0 atom stereocenters. The topological polar surface area (TPSA) is 17.3 Å². The molecule has 0 aromatic carbocycles. The molecule has 4 heteroatoms. The zero-order chi connectivity index (χ0) is 8.72. The van der Waals surface area contributed by atoms with E-state index in [4.69, 9.17) is 0 Å². The molecular formula is C8H6F2N2. The van der Waals surface area contributed by atoms with Crippen molar-refractivity contribution in [3.63, 3.8) is 0 Å². The van der Waals surface area contributed by atoms with Crippen LogP contribution in [0.2, 0.25) is 0 Å². The third-order valence-corrected chi connectivity index (χ3v) is 1.59. The second-order valence-electron chi connectivity index (χ2n) is 2.62. The predicted octanol–water partition coefficient (Wildman–Crippen LogP) is 1.92. The molecule has 0 saturated heterocycles. The molecule has 12 heavy (non-hydrogen) atoms. The van der Waals surface area contributed by atoms with Gasteiger partial charge in [-0.05, 0) is 6.92 Å². The van der Waals surface area contributed by atoms with Crippen LogP contribution in [0.15, 0.2) is 18.5 Å². The van der Waals surface area contributed by atoms with Crippen molar-refractivity contribution in [3.8, 4) is 0 Å². The maximum absolute atomic E-state index is 12.9. The number of pyridine rings is 1. The standard InChI is InChI=1S/C8H6F2N2/c1-5-3-12-4-6(9)2-7(10)8(12)11-5/h2-4H,1H3. The van der Waals surface area contributed by atoms with E-state index in [2.05, 4.69) is 4.98 Å². The number of fused-ring (bicyclic) bond motifs is 1. The molecule has 62 valence electrons. The van der Waals surface area contributed by atoms with E-state index >= 15 is 0 Å². The van der Waals surface area contributed by atoms with Crippen LogP contribution in [0.25, 0.3) is 5.65 Å². The lowest BCUT2D eigenvalue weighted by atomic mass is 10.4. The average molecular weight is 168 g/mol. The highest BCUT2D eigenvalue weighted by Gasteiger charge is 2.05. The summed E-state index contributed by atoms with van der Waals surface area (Å²) >= 11 is 0. The Kier molecular flexibility index (Phi) is 1.36. The largest absolute Gasteiger partial charge is 0.301 e. The summed E-state index contributed by atoms with van der Waals surface area (Å²) in [6.45, 7) is 1.73. The predicted molar refractivity (Wildman–Crippen MR) is 39.8 cm³/mol. The minimum Gasteiger partial charge on any atom is -0.301 e. The smallest absolute Gasteiger partial charge is 0.173 e. The maximum atomic E-state index is 12.9. The van der Waals surface area contributed by atoms with Crippen LogP contribution in [-0.4, -0.2) is 9.38 Å². The van der Waals surface area contributed by atoms with E-state index in [0.717, 1.165) is 6.07 Å². The van der Waals surface area contributed by atoms with Crippen molar-refractivity contribution >= 4 is 5.65 Å². The van der Waals surface area contributed by atoms with Gasteiger partial charge in [0.05, 0.1) is 5.69 Å². The normalized spacial score (nSPS) is 10.9. The summed E-state index contributed by atoms with van der Waals surface area (Å²) in [7, 11) is 0.